The quantitative estimate of drug-likeness (QED) is 0.748. The Labute approximate surface area is 173 Å². The average molecular weight is 407 g/mol. The van der Waals surface area contributed by atoms with E-state index in [0.29, 0.717) is 29.9 Å². The summed E-state index contributed by atoms with van der Waals surface area (Å²) in [6.07, 6.45) is 4.21. The van der Waals surface area contributed by atoms with Gasteiger partial charge in [0, 0.05) is 44.5 Å². The lowest BCUT2D eigenvalue weighted by atomic mass is 9.85. The molecule has 0 unspecified atom stereocenters. The van der Waals surface area contributed by atoms with Gasteiger partial charge < -0.3 is 20.7 Å². The van der Waals surface area contributed by atoms with Crippen molar-refractivity contribution in [2.75, 3.05) is 43.4 Å². The van der Waals surface area contributed by atoms with Crippen LogP contribution in [0.3, 0.4) is 0 Å². The molecule has 1 aliphatic heterocycles. The van der Waals surface area contributed by atoms with Gasteiger partial charge >= 0.3 is 6.09 Å². The molecule has 1 aromatic carbocycles. The third-order valence-corrected chi connectivity index (χ3v) is 5.89. The van der Waals surface area contributed by atoms with Crippen LogP contribution in [0.2, 0.25) is 0 Å². The Balaban J connectivity index is 1.39. The number of rotatable bonds is 4. The van der Waals surface area contributed by atoms with Crippen LogP contribution in [0.15, 0.2) is 18.2 Å². The highest BCUT2D eigenvalue weighted by molar-refractivity contribution is 5.67. The minimum Gasteiger partial charge on any atom is -0.444 e. The molecular weight excluding hydrogens is 371 g/mol. The first-order chi connectivity index (χ1) is 13.7. The number of nitrogens with zero attached hydrogens (tertiary/aromatic N) is 2. The van der Waals surface area contributed by atoms with Gasteiger partial charge in [-0.05, 0) is 70.6 Å². The van der Waals surface area contributed by atoms with E-state index < -0.39 is 5.60 Å². The number of ether oxygens (including phenoxy) is 1. The molecule has 0 aromatic heterocycles. The highest BCUT2D eigenvalue weighted by atomic mass is 19.1. The number of alkyl carbamates (subject to hydrolysis) is 1. The molecule has 2 aliphatic rings. The topological polar surface area (TPSA) is 70.8 Å². The van der Waals surface area contributed by atoms with Gasteiger partial charge in [0.05, 0.1) is 5.69 Å². The average Bonchev–Trinajstić information content (AvgIpc) is 2.66. The number of anilines is 2. The van der Waals surface area contributed by atoms with E-state index >= 15 is 0 Å². The van der Waals surface area contributed by atoms with E-state index in [1.165, 1.54) is 6.07 Å². The van der Waals surface area contributed by atoms with E-state index in [1.54, 1.807) is 12.1 Å². The molecule has 0 atom stereocenters. The van der Waals surface area contributed by atoms with E-state index in [0.717, 1.165) is 51.9 Å². The first kappa shape index (κ1) is 21.7. The van der Waals surface area contributed by atoms with Gasteiger partial charge in [0.1, 0.15) is 11.4 Å². The molecule has 6 nitrogen and oxygen atoms in total. The monoisotopic (exact) mass is 406 g/mol. The van der Waals surface area contributed by atoms with Crippen molar-refractivity contribution in [3.63, 3.8) is 0 Å². The van der Waals surface area contributed by atoms with Gasteiger partial charge in [-0.25, -0.2) is 9.18 Å². The van der Waals surface area contributed by atoms with Crippen molar-refractivity contribution in [1.29, 1.82) is 0 Å². The number of hydrogen-bond donors (Lipinski definition) is 2. The standard InChI is InChI=1S/C22H35FN4O2/c1-22(2,3)29-21(28)25-15-16-4-7-18(8-5-16)26-10-12-27(13-11-26)20-9-6-17(24)14-19(20)23/h6,9,14,16,18H,4-5,7-8,10-13,15,24H2,1-3H3,(H,25,28)/t16-,18-. The molecule has 2 fully saturated rings. The second-order valence-corrected chi connectivity index (χ2v) is 9.29. The van der Waals surface area contributed by atoms with Crippen LogP contribution in [0, 0.1) is 11.7 Å². The minimum absolute atomic E-state index is 0.239. The van der Waals surface area contributed by atoms with Crippen molar-refractivity contribution in [2.45, 2.75) is 58.1 Å². The van der Waals surface area contributed by atoms with Crippen LogP contribution in [0.5, 0.6) is 0 Å². The minimum atomic E-state index is -0.459. The molecule has 162 valence electrons. The Hall–Kier alpha value is -2.02. The number of nitrogens with one attached hydrogen (secondary N) is 1. The van der Waals surface area contributed by atoms with Gasteiger partial charge in [-0.15, -0.1) is 0 Å². The lowest BCUT2D eigenvalue weighted by molar-refractivity contribution is 0.0508. The van der Waals surface area contributed by atoms with Gasteiger partial charge in [-0.3, -0.25) is 4.90 Å². The molecule has 0 radical (unpaired) electrons. The molecule has 1 saturated heterocycles. The molecule has 1 saturated carbocycles. The summed E-state index contributed by atoms with van der Waals surface area (Å²) >= 11 is 0. The fourth-order valence-electron chi connectivity index (χ4n) is 4.36. The molecule has 1 aliphatic carbocycles. The van der Waals surface area contributed by atoms with Gasteiger partial charge in [-0.1, -0.05) is 0 Å². The SMILES string of the molecule is CC(C)(C)OC(=O)NC[C@H]1CC[C@H](N2CCN(c3ccc(N)cc3F)CC2)CC1. The number of amides is 1. The summed E-state index contributed by atoms with van der Waals surface area (Å²) in [7, 11) is 0. The normalized spacial score (nSPS) is 23.7. The second-order valence-electron chi connectivity index (χ2n) is 9.29. The maximum Gasteiger partial charge on any atom is 0.407 e. The van der Waals surface area contributed by atoms with Gasteiger partial charge in [0.15, 0.2) is 0 Å². The van der Waals surface area contributed by atoms with Crippen LogP contribution < -0.4 is 16.0 Å². The molecule has 1 heterocycles. The zero-order valence-corrected chi connectivity index (χ0v) is 17.9. The van der Waals surface area contributed by atoms with Crippen LogP contribution in [-0.2, 0) is 4.74 Å². The maximum atomic E-state index is 14.2. The van der Waals surface area contributed by atoms with E-state index in [4.69, 9.17) is 10.5 Å². The number of nitrogen functional groups attached to an aromatic ring is 1. The molecule has 1 amide bonds. The second kappa shape index (κ2) is 9.20. The number of hydrogen-bond acceptors (Lipinski definition) is 5. The number of carbonyl (C=O) groups is 1. The van der Waals surface area contributed by atoms with Crippen LogP contribution in [0.25, 0.3) is 0 Å². The third kappa shape index (κ3) is 6.23. The van der Waals surface area contributed by atoms with Crippen molar-refractivity contribution in [3.05, 3.63) is 24.0 Å². The van der Waals surface area contributed by atoms with E-state index in [-0.39, 0.29) is 11.9 Å². The Kier molecular flexibility index (Phi) is 6.88. The van der Waals surface area contributed by atoms with Crippen molar-refractivity contribution in [1.82, 2.24) is 10.2 Å². The van der Waals surface area contributed by atoms with Crippen molar-refractivity contribution < 1.29 is 13.9 Å². The maximum absolute atomic E-state index is 14.2. The van der Waals surface area contributed by atoms with Crippen LogP contribution in [0.1, 0.15) is 46.5 Å². The first-order valence-electron chi connectivity index (χ1n) is 10.7. The highest BCUT2D eigenvalue weighted by Crippen LogP contribution is 2.29. The molecule has 0 spiro atoms. The van der Waals surface area contributed by atoms with Crippen LogP contribution >= 0.6 is 0 Å². The van der Waals surface area contributed by atoms with Gasteiger partial charge in [-0.2, -0.15) is 0 Å². The van der Waals surface area contributed by atoms with Gasteiger partial charge in [0.2, 0.25) is 0 Å². The van der Waals surface area contributed by atoms with E-state index in [2.05, 4.69) is 15.1 Å². The summed E-state index contributed by atoms with van der Waals surface area (Å²) in [5.74, 6) is 0.278. The number of piperazine rings is 1. The molecular formula is C22H35FN4O2. The fraction of sp³-hybridized carbons (Fsp3) is 0.682. The summed E-state index contributed by atoms with van der Waals surface area (Å²) in [6.45, 7) is 9.88. The number of nitrogens with two attached hydrogens (primary N) is 1. The van der Waals surface area contributed by atoms with Crippen molar-refractivity contribution in [3.8, 4) is 0 Å². The number of halogens is 1. The van der Waals surface area contributed by atoms with E-state index in [1.807, 2.05) is 20.8 Å². The van der Waals surface area contributed by atoms with E-state index in [9.17, 15) is 9.18 Å². The lowest BCUT2D eigenvalue weighted by Gasteiger charge is -2.42. The summed E-state index contributed by atoms with van der Waals surface area (Å²) in [4.78, 5) is 16.5. The Morgan fingerprint density at radius 1 is 1.17 bits per heavy atom. The fourth-order valence-corrected chi connectivity index (χ4v) is 4.36. The van der Waals surface area contributed by atoms with Gasteiger partial charge in [0.25, 0.3) is 0 Å². The summed E-state index contributed by atoms with van der Waals surface area (Å²) in [5, 5.41) is 2.91. The summed E-state index contributed by atoms with van der Waals surface area (Å²) < 4.78 is 19.5. The van der Waals surface area contributed by atoms with Crippen molar-refractivity contribution >= 4 is 17.5 Å². The highest BCUT2D eigenvalue weighted by Gasteiger charge is 2.29. The number of carbonyl (C=O) groups excluding carboxylic acids is 1. The lowest BCUT2D eigenvalue weighted by Crippen LogP contribution is -2.51. The molecule has 3 rings (SSSR count). The zero-order valence-electron chi connectivity index (χ0n) is 17.9. The Morgan fingerprint density at radius 2 is 1.83 bits per heavy atom. The Bertz CT molecular complexity index is 691. The predicted octanol–water partition coefficient (Wildman–Crippen LogP) is 3.61. The zero-order chi connectivity index (χ0) is 21.0. The smallest absolute Gasteiger partial charge is 0.407 e. The van der Waals surface area contributed by atoms with Crippen molar-refractivity contribution in [2.24, 2.45) is 5.92 Å². The molecule has 3 N–H and O–H groups in total. The van der Waals surface area contributed by atoms with Crippen LogP contribution in [0.4, 0.5) is 20.6 Å². The van der Waals surface area contributed by atoms with Crippen LogP contribution in [-0.4, -0.2) is 55.4 Å². The summed E-state index contributed by atoms with van der Waals surface area (Å²) in [5.41, 5.74) is 6.31. The molecule has 1 aromatic rings. The predicted molar refractivity (Wildman–Crippen MR) is 115 cm³/mol. The third-order valence-electron chi connectivity index (χ3n) is 5.89. The first-order valence-corrected chi connectivity index (χ1v) is 10.7. The number of benzene rings is 1. The molecule has 29 heavy (non-hydrogen) atoms. The largest absolute Gasteiger partial charge is 0.444 e. The Morgan fingerprint density at radius 3 is 2.41 bits per heavy atom. The summed E-state index contributed by atoms with van der Waals surface area (Å²) in [6, 6.07) is 5.53. The molecule has 7 heteroatoms. The molecule has 0 bridgehead atoms.